The van der Waals surface area contributed by atoms with Gasteiger partial charge in [-0.3, -0.25) is 9.58 Å². The largest absolute Gasteiger partial charge is 0.491 e. The topological polar surface area (TPSA) is 59.8 Å². The van der Waals surface area contributed by atoms with Crippen LogP contribution in [-0.2, 0) is 16.7 Å². The van der Waals surface area contributed by atoms with Crippen molar-refractivity contribution in [3.63, 3.8) is 0 Å². The molecule has 0 aliphatic carbocycles. The number of hydrogen-bond acceptors (Lipinski definition) is 5. The fraction of sp³-hybridized carbons (Fsp3) is 0.609. The highest BCUT2D eigenvalue weighted by Crippen LogP contribution is 2.32. The minimum atomic E-state index is -0.546. The minimum Gasteiger partial charge on any atom is -0.491 e. The van der Waals surface area contributed by atoms with Gasteiger partial charge in [0.1, 0.15) is 18.5 Å². The van der Waals surface area contributed by atoms with Crippen molar-refractivity contribution in [2.75, 3.05) is 32.8 Å². The van der Waals surface area contributed by atoms with Gasteiger partial charge in [-0.25, -0.2) is 0 Å². The third-order valence-electron chi connectivity index (χ3n) is 5.22. The normalized spacial score (nSPS) is 18.7. The molecule has 1 saturated heterocycles. The van der Waals surface area contributed by atoms with Crippen LogP contribution in [0.2, 0.25) is 0 Å². The second-order valence-corrected chi connectivity index (χ2v) is 9.21. The van der Waals surface area contributed by atoms with Crippen molar-refractivity contribution in [3.05, 3.63) is 47.3 Å². The van der Waals surface area contributed by atoms with Crippen LogP contribution in [0.15, 0.2) is 30.6 Å². The van der Waals surface area contributed by atoms with Gasteiger partial charge in [-0.05, 0) is 36.5 Å². The molecule has 30 heavy (non-hydrogen) atoms. The molecule has 6 nitrogen and oxygen atoms in total. The zero-order valence-electron chi connectivity index (χ0n) is 18.8. The number of rotatable bonds is 7. The van der Waals surface area contributed by atoms with E-state index in [9.17, 15) is 5.11 Å². The van der Waals surface area contributed by atoms with Crippen LogP contribution in [0.1, 0.15) is 37.5 Å². The summed E-state index contributed by atoms with van der Waals surface area (Å²) in [6.45, 7) is 14.5. The van der Waals surface area contributed by atoms with Crippen molar-refractivity contribution >= 4 is 12.4 Å². The van der Waals surface area contributed by atoms with E-state index in [2.05, 4.69) is 49.8 Å². The summed E-state index contributed by atoms with van der Waals surface area (Å²) in [7, 11) is 0. The number of nitrogens with zero attached hydrogens (tertiary/aromatic N) is 3. The van der Waals surface area contributed by atoms with Crippen LogP contribution in [0.3, 0.4) is 0 Å². The molecule has 1 N–H and O–H groups in total. The van der Waals surface area contributed by atoms with E-state index in [-0.39, 0.29) is 30.5 Å². The monoisotopic (exact) mass is 437 g/mol. The fourth-order valence-electron chi connectivity index (χ4n) is 3.72. The summed E-state index contributed by atoms with van der Waals surface area (Å²) in [5, 5.41) is 14.9. The van der Waals surface area contributed by atoms with Crippen molar-refractivity contribution in [2.24, 2.45) is 0 Å². The van der Waals surface area contributed by atoms with E-state index < -0.39 is 6.10 Å². The Morgan fingerprint density at radius 3 is 2.70 bits per heavy atom. The second kappa shape index (κ2) is 10.6. The highest BCUT2D eigenvalue weighted by atomic mass is 35.5. The molecule has 2 aromatic rings. The molecule has 168 valence electrons. The number of aryl methyl sites for hydroxylation is 2. The minimum absolute atomic E-state index is 0. The summed E-state index contributed by atoms with van der Waals surface area (Å²) >= 11 is 0. The lowest BCUT2D eigenvalue weighted by Crippen LogP contribution is -2.47. The van der Waals surface area contributed by atoms with Crippen molar-refractivity contribution in [1.29, 1.82) is 0 Å². The van der Waals surface area contributed by atoms with E-state index in [1.54, 1.807) is 0 Å². The molecule has 1 aliphatic heterocycles. The Hall–Kier alpha value is -1.60. The lowest BCUT2D eigenvalue weighted by atomic mass is 9.85. The molecule has 0 bridgehead atoms. The van der Waals surface area contributed by atoms with Gasteiger partial charge in [0.05, 0.1) is 25.5 Å². The predicted molar refractivity (Wildman–Crippen MR) is 122 cm³/mol. The predicted octanol–water partition coefficient (Wildman–Crippen LogP) is 3.36. The molecule has 0 amide bonds. The Morgan fingerprint density at radius 1 is 1.27 bits per heavy atom. The molecular formula is C23H36ClN3O3. The van der Waals surface area contributed by atoms with Gasteiger partial charge in [0, 0.05) is 25.8 Å². The summed E-state index contributed by atoms with van der Waals surface area (Å²) in [6.07, 6.45) is 3.42. The van der Waals surface area contributed by atoms with Crippen molar-refractivity contribution in [1.82, 2.24) is 14.7 Å². The van der Waals surface area contributed by atoms with Crippen LogP contribution in [0.4, 0.5) is 0 Å². The van der Waals surface area contributed by atoms with Crippen LogP contribution in [0.5, 0.6) is 5.75 Å². The molecule has 0 radical (unpaired) electrons. The molecule has 1 aromatic heterocycles. The number of aliphatic hydroxyl groups excluding tert-OH is 1. The molecule has 1 fully saturated rings. The zero-order chi connectivity index (χ0) is 21.0. The van der Waals surface area contributed by atoms with E-state index in [1.165, 1.54) is 11.1 Å². The first kappa shape index (κ1) is 24.7. The van der Waals surface area contributed by atoms with Crippen LogP contribution >= 0.6 is 12.4 Å². The number of hydrogen-bond donors (Lipinski definition) is 1. The number of benzene rings is 1. The number of β-amino-alcohol motifs (C(OH)–C–C–N with tert-alkyl or cyclic N) is 1. The average Bonchev–Trinajstić information content (AvgIpc) is 3.05. The first-order valence-corrected chi connectivity index (χ1v) is 10.5. The molecule has 0 spiro atoms. The number of halogens is 1. The van der Waals surface area contributed by atoms with Gasteiger partial charge < -0.3 is 14.6 Å². The Labute approximate surface area is 186 Å². The van der Waals surface area contributed by atoms with Gasteiger partial charge >= 0.3 is 0 Å². The van der Waals surface area contributed by atoms with E-state index in [1.807, 2.05) is 30.1 Å². The number of aromatic nitrogens is 2. The maximum absolute atomic E-state index is 10.6. The van der Waals surface area contributed by atoms with Crippen LogP contribution < -0.4 is 4.74 Å². The highest BCUT2D eigenvalue weighted by Gasteiger charge is 2.24. The third kappa shape index (κ3) is 6.98. The smallest absolute Gasteiger partial charge is 0.123 e. The summed E-state index contributed by atoms with van der Waals surface area (Å²) in [5.41, 5.74) is 3.53. The molecule has 1 aromatic carbocycles. The number of morpholine rings is 1. The lowest BCUT2D eigenvalue weighted by molar-refractivity contribution is -0.0517. The van der Waals surface area contributed by atoms with Crippen LogP contribution in [0.25, 0.3) is 0 Å². The molecular weight excluding hydrogens is 402 g/mol. The highest BCUT2D eigenvalue weighted by molar-refractivity contribution is 5.85. The SMILES string of the molecule is Cc1ccc(OCC(O)CN2CCOC(Cn3cc(C)cn3)C2)c(C(C)(C)C)c1.Cl. The molecule has 7 heteroatoms. The molecule has 2 unspecified atom stereocenters. The Bertz CT molecular complexity index is 803. The van der Waals surface area contributed by atoms with E-state index in [4.69, 9.17) is 9.47 Å². The van der Waals surface area contributed by atoms with Crippen molar-refractivity contribution < 1.29 is 14.6 Å². The second-order valence-electron chi connectivity index (χ2n) is 9.21. The van der Waals surface area contributed by atoms with Crippen molar-refractivity contribution in [3.8, 4) is 5.75 Å². The van der Waals surface area contributed by atoms with Gasteiger partial charge in [0.2, 0.25) is 0 Å². The zero-order valence-corrected chi connectivity index (χ0v) is 19.6. The summed E-state index contributed by atoms with van der Waals surface area (Å²) in [4.78, 5) is 2.25. The number of ether oxygens (including phenoxy) is 2. The molecule has 3 rings (SSSR count). The van der Waals surface area contributed by atoms with Crippen LogP contribution in [-0.4, -0.2) is 64.8 Å². The van der Waals surface area contributed by atoms with Crippen LogP contribution in [0, 0.1) is 13.8 Å². The average molecular weight is 438 g/mol. The summed E-state index contributed by atoms with van der Waals surface area (Å²) < 4.78 is 13.8. The maximum atomic E-state index is 10.6. The third-order valence-corrected chi connectivity index (χ3v) is 5.22. The molecule has 1 aliphatic rings. The first-order chi connectivity index (χ1) is 13.7. The maximum Gasteiger partial charge on any atom is 0.123 e. The van der Waals surface area contributed by atoms with Gasteiger partial charge in [-0.15, -0.1) is 12.4 Å². The van der Waals surface area contributed by atoms with Gasteiger partial charge in [0.25, 0.3) is 0 Å². The van der Waals surface area contributed by atoms with Gasteiger partial charge in [0.15, 0.2) is 0 Å². The molecule has 2 atom stereocenters. The standard InChI is InChI=1S/C23H35N3O3.ClH/c1-17-6-7-22(21(10-17)23(3,4)5)29-16-19(27)13-25-8-9-28-20(14-25)15-26-12-18(2)11-24-26;/h6-7,10-12,19-20,27H,8-9,13-16H2,1-5H3;1H. The van der Waals surface area contributed by atoms with E-state index in [0.717, 1.165) is 30.9 Å². The lowest BCUT2D eigenvalue weighted by Gasteiger charge is -2.34. The van der Waals surface area contributed by atoms with E-state index in [0.29, 0.717) is 13.2 Å². The Morgan fingerprint density at radius 2 is 2.03 bits per heavy atom. The Balaban J connectivity index is 0.00000320. The molecule has 2 heterocycles. The summed E-state index contributed by atoms with van der Waals surface area (Å²) in [5.74, 6) is 0.857. The fourth-order valence-corrected chi connectivity index (χ4v) is 3.72. The van der Waals surface area contributed by atoms with E-state index >= 15 is 0 Å². The Kier molecular flexibility index (Phi) is 8.73. The number of aliphatic hydroxyl groups is 1. The van der Waals surface area contributed by atoms with Gasteiger partial charge in [-0.2, -0.15) is 5.10 Å². The molecule has 0 saturated carbocycles. The summed E-state index contributed by atoms with van der Waals surface area (Å²) in [6, 6.07) is 6.24. The van der Waals surface area contributed by atoms with Crippen molar-refractivity contribution in [2.45, 2.75) is 58.8 Å². The van der Waals surface area contributed by atoms with Gasteiger partial charge in [-0.1, -0.05) is 38.5 Å². The quantitative estimate of drug-likeness (QED) is 0.719. The first-order valence-electron chi connectivity index (χ1n) is 10.5.